The van der Waals surface area contributed by atoms with E-state index < -0.39 is 12.6 Å². The van der Waals surface area contributed by atoms with E-state index in [2.05, 4.69) is 9.84 Å². The second-order valence-electron chi connectivity index (χ2n) is 2.94. The lowest BCUT2D eigenvalue weighted by Crippen LogP contribution is -2.09. The fourth-order valence-corrected chi connectivity index (χ4v) is 1.27. The monoisotopic (exact) mass is 220 g/mol. The summed E-state index contributed by atoms with van der Waals surface area (Å²) >= 11 is 0. The van der Waals surface area contributed by atoms with Crippen LogP contribution in [0.3, 0.4) is 0 Å². The number of carbonyl (C=O) groups is 1. The van der Waals surface area contributed by atoms with Crippen LogP contribution in [0, 0.1) is 6.92 Å². The second kappa shape index (κ2) is 4.24. The molecule has 1 aromatic rings. The van der Waals surface area contributed by atoms with Gasteiger partial charge in [0.1, 0.15) is 0 Å². The highest BCUT2D eigenvalue weighted by molar-refractivity contribution is 5.71. The third kappa shape index (κ3) is 2.64. The van der Waals surface area contributed by atoms with E-state index >= 15 is 0 Å². The fourth-order valence-electron chi connectivity index (χ4n) is 1.27. The Morgan fingerprint density at radius 3 is 2.73 bits per heavy atom. The number of nitrogens with zero attached hydrogens (tertiary/aromatic N) is 2. The van der Waals surface area contributed by atoms with Gasteiger partial charge in [-0.2, -0.15) is 13.9 Å². The molecule has 1 rings (SSSR count). The van der Waals surface area contributed by atoms with Crippen molar-refractivity contribution in [3.63, 3.8) is 0 Å². The highest BCUT2D eigenvalue weighted by atomic mass is 19.3. The maximum atomic E-state index is 12.0. The van der Waals surface area contributed by atoms with E-state index in [1.807, 2.05) is 0 Å². The van der Waals surface area contributed by atoms with Crippen molar-refractivity contribution in [2.75, 3.05) is 0 Å². The van der Waals surface area contributed by atoms with Gasteiger partial charge < -0.3 is 9.84 Å². The van der Waals surface area contributed by atoms with Crippen LogP contribution >= 0.6 is 0 Å². The fraction of sp³-hybridized carbons (Fsp3) is 0.500. The summed E-state index contributed by atoms with van der Waals surface area (Å²) in [5.41, 5.74) is 0.542. The van der Waals surface area contributed by atoms with Crippen molar-refractivity contribution in [1.82, 2.24) is 9.78 Å². The zero-order valence-electron chi connectivity index (χ0n) is 8.20. The molecule has 0 aliphatic heterocycles. The van der Waals surface area contributed by atoms with Crippen LogP contribution in [0.2, 0.25) is 0 Å². The van der Waals surface area contributed by atoms with Gasteiger partial charge in [0.25, 0.3) is 0 Å². The third-order valence-corrected chi connectivity index (χ3v) is 1.82. The molecule has 0 atom stereocenters. The number of halogens is 2. The van der Waals surface area contributed by atoms with Crippen molar-refractivity contribution >= 4 is 5.97 Å². The topological polar surface area (TPSA) is 64.4 Å². The smallest absolute Gasteiger partial charge is 0.388 e. The lowest BCUT2D eigenvalue weighted by molar-refractivity contribution is -0.136. The third-order valence-electron chi connectivity index (χ3n) is 1.82. The molecule has 84 valence electrons. The second-order valence-corrected chi connectivity index (χ2v) is 2.94. The maximum Gasteiger partial charge on any atom is 0.388 e. The average molecular weight is 220 g/mol. The zero-order valence-corrected chi connectivity index (χ0v) is 8.20. The lowest BCUT2D eigenvalue weighted by atomic mass is 10.2. The number of aliphatic carboxylic acids is 1. The molecule has 0 unspecified atom stereocenters. The van der Waals surface area contributed by atoms with Gasteiger partial charge >= 0.3 is 12.6 Å². The quantitative estimate of drug-likeness (QED) is 0.820. The Morgan fingerprint density at radius 2 is 2.27 bits per heavy atom. The molecule has 0 amide bonds. The van der Waals surface area contributed by atoms with Crippen LogP contribution in [-0.2, 0) is 18.3 Å². The minimum atomic E-state index is -2.99. The first-order chi connectivity index (χ1) is 6.91. The van der Waals surface area contributed by atoms with Crippen molar-refractivity contribution in [3.8, 4) is 5.88 Å². The largest absolute Gasteiger partial charge is 0.481 e. The van der Waals surface area contributed by atoms with Gasteiger partial charge in [-0.25, -0.2) is 4.68 Å². The molecule has 1 N–H and O–H groups in total. The van der Waals surface area contributed by atoms with Gasteiger partial charge in [-0.1, -0.05) is 0 Å². The van der Waals surface area contributed by atoms with Crippen LogP contribution in [0.5, 0.6) is 5.88 Å². The summed E-state index contributed by atoms with van der Waals surface area (Å²) in [5.74, 6) is -1.32. The molecule has 0 aromatic carbocycles. The number of alkyl halides is 2. The van der Waals surface area contributed by atoms with Crippen LogP contribution in [-0.4, -0.2) is 27.5 Å². The van der Waals surface area contributed by atoms with Crippen molar-refractivity contribution < 1.29 is 23.4 Å². The van der Waals surface area contributed by atoms with E-state index in [4.69, 9.17) is 5.11 Å². The van der Waals surface area contributed by atoms with Crippen LogP contribution in [0.25, 0.3) is 0 Å². The molecule has 0 aliphatic rings. The summed E-state index contributed by atoms with van der Waals surface area (Å²) in [6, 6.07) is 0. The summed E-state index contributed by atoms with van der Waals surface area (Å²) < 4.78 is 29.3. The SMILES string of the molecule is Cc1nn(C)c(OC(F)F)c1CC(=O)O. The lowest BCUT2D eigenvalue weighted by Gasteiger charge is -2.06. The van der Waals surface area contributed by atoms with E-state index in [9.17, 15) is 13.6 Å². The molecular formula is C8H10F2N2O3. The molecule has 1 heterocycles. The van der Waals surface area contributed by atoms with E-state index in [1.54, 1.807) is 0 Å². The minimum Gasteiger partial charge on any atom is -0.481 e. The molecule has 1 aromatic heterocycles. The Bertz CT molecular complexity index is 376. The summed E-state index contributed by atoms with van der Waals surface area (Å²) in [6.07, 6.45) is -0.387. The molecule has 0 saturated heterocycles. The minimum absolute atomic E-state index is 0.172. The van der Waals surface area contributed by atoms with Crippen molar-refractivity contribution in [2.24, 2.45) is 7.05 Å². The Morgan fingerprint density at radius 1 is 1.67 bits per heavy atom. The highest BCUT2D eigenvalue weighted by Gasteiger charge is 2.20. The molecule has 0 saturated carbocycles. The van der Waals surface area contributed by atoms with Gasteiger partial charge in [-0.3, -0.25) is 4.79 Å². The molecule has 0 fully saturated rings. The molecule has 7 heteroatoms. The normalized spacial score (nSPS) is 10.7. The molecule has 0 radical (unpaired) electrons. The Kier molecular flexibility index (Phi) is 3.23. The van der Waals surface area contributed by atoms with Gasteiger partial charge in [0.15, 0.2) is 0 Å². The van der Waals surface area contributed by atoms with Crippen LogP contribution in [0.4, 0.5) is 8.78 Å². The van der Waals surface area contributed by atoms with Crippen LogP contribution in [0.15, 0.2) is 0 Å². The number of aryl methyl sites for hydroxylation is 2. The highest BCUT2D eigenvalue weighted by Crippen LogP contribution is 2.23. The predicted octanol–water partition coefficient (Wildman–Crippen LogP) is 0.957. The van der Waals surface area contributed by atoms with Crippen LogP contribution < -0.4 is 4.74 Å². The van der Waals surface area contributed by atoms with Crippen molar-refractivity contribution in [2.45, 2.75) is 20.0 Å². The van der Waals surface area contributed by atoms with Crippen LogP contribution in [0.1, 0.15) is 11.3 Å². The molecule has 0 bridgehead atoms. The van der Waals surface area contributed by atoms with Gasteiger partial charge in [0.2, 0.25) is 5.88 Å². The first-order valence-corrected chi connectivity index (χ1v) is 4.11. The summed E-state index contributed by atoms with van der Waals surface area (Å²) in [7, 11) is 1.41. The number of hydrogen-bond acceptors (Lipinski definition) is 3. The zero-order chi connectivity index (χ0) is 11.6. The predicted molar refractivity (Wildman–Crippen MR) is 45.9 cm³/mol. The molecular weight excluding hydrogens is 210 g/mol. The van der Waals surface area contributed by atoms with Gasteiger partial charge in [-0.15, -0.1) is 0 Å². The number of aromatic nitrogens is 2. The number of carboxylic acids is 1. The first-order valence-electron chi connectivity index (χ1n) is 4.11. The molecule has 0 aliphatic carbocycles. The Balaban J connectivity index is 3.05. The first kappa shape index (κ1) is 11.4. The van der Waals surface area contributed by atoms with Gasteiger partial charge in [-0.05, 0) is 6.92 Å². The molecule has 15 heavy (non-hydrogen) atoms. The van der Waals surface area contributed by atoms with E-state index in [0.29, 0.717) is 5.69 Å². The van der Waals surface area contributed by atoms with Crippen molar-refractivity contribution in [3.05, 3.63) is 11.3 Å². The summed E-state index contributed by atoms with van der Waals surface area (Å²) in [6.45, 7) is -1.45. The molecule has 5 nitrogen and oxygen atoms in total. The maximum absolute atomic E-state index is 12.0. The summed E-state index contributed by atoms with van der Waals surface area (Å²) in [5, 5.41) is 12.4. The van der Waals surface area contributed by atoms with Gasteiger partial charge in [0, 0.05) is 12.6 Å². The van der Waals surface area contributed by atoms with Crippen molar-refractivity contribution in [1.29, 1.82) is 0 Å². The Labute approximate surface area is 84.3 Å². The average Bonchev–Trinajstić information content (AvgIpc) is 2.30. The van der Waals surface area contributed by atoms with E-state index in [0.717, 1.165) is 4.68 Å². The van der Waals surface area contributed by atoms with Gasteiger partial charge in [0.05, 0.1) is 12.1 Å². The van der Waals surface area contributed by atoms with E-state index in [1.165, 1.54) is 14.0 Å². The molecule has 0 spiro atoms. The Hall–Kier alpha value is -1.66. The number of rotatable bonds is 4. The van der Waals surface area contributed by atoms with E-state index in [-0.39, 0.29) is 17.9 Å². The number of hydrogen-bond donors (Lipinski definition) is 1. The summed E-state index contributed by atoms with van der Waals surface area (Å²) in [4.78, 5) is 10.5. The number of carboxylic acid groups (broad SMARTS) is 1. The standard InChI is InChI=1S/C8H10F2N2O3/c1-4-5(3-6(13)14)7(12(2)11-4)15-8(9)10/h8H,3H2,1-2H3,(H,13,14). The number of ether oxygens (including phenoxy) is 1.